The van der Waals surface area contributed by atoms with Gasteiger partial charge in [-0.3, -0.25) is 19.2 Å². The zero-order valence-corrected chi connectivity index (χ0v) is 78.4. The van der Waals surface area contributed by atoms with E-state index in [0.29, 0.717) is 128 Å². The molecule has 0 aliphatic carbocycles. The van der Waals surface area contributed by atoms with Crippen LogP contribution in [0.15, 0.2) is 180 Å². The van der Waals surface area contributed by atoms with E-state index in [4.69, 9.17) is 15.0 Å². The van der Waals surface area contributed by atoms with Crippen molar-refractivity contribution >= 4 is 74.1 Å². The number of halogens is 6. The lowest BCUT2D eigenvalue weighted by atomic mass is 9.93. The van der Waals surface area contributed by atoms with E-state index >= 15 is 26.3 Å². The lowest BCUT2D eigenvalue weighted by Gasteiger charge is -2.44. The number of benzene rings is 6. The van der Waals surface area contributed by atoms with E-state index in [1.807, 2.05) is 137 Å². The number of aryl methyl sites for hydroxylation is 5. The molecule has 12 aromatic rings. The van der Waals surface area contributed by atoms with E-state index in [9.17, 15) is 33.6 Å². The molecule has 18 rings (SSSR count). The maximum Gasteiger partial charge on any atom is 0.355 e. The first-order chi connectivity index (χ1) is 64.7. The number of para-hydroxylation sites is 3. The summed E-state index contributed by atoms with van der Waals surface area (Å²) in [4.78, 5) is 133. The monoisotopic (exact) mass is 1830 g/mol. The second-order valence-electron chi connectivity index (χ2n) is 37.6. The van der Waals surface area contributed by atoms with E-state index in [1.165, 1.54) is 74.4 Å². The van der Waals surface area contributed by atoms with E-state index in [-0.39, 0.29) is 152 Å². The number of rotatable bonds is 9. The van der Waals surface area contributed by atoms with Crippen molar-refractivity contribution in [3.05, 3.63) is 282 Å². The van der Waals surface area contributed by atoms with Crippen LogP contribution >= 0.6 is 0 Å². The van der Waals surface area contributed by atoms with Gasteiger partial charge in [-0.1, -0.05) is 159 Å². The number of amides is 3. The number of anilines is 3. The molecule has 0 saturated carbocycles. The summed E-state index contributed by atoms with van der Waals surface area (Å²) in [6.07, 6.45) is 11.8. The lowest BCUT2D eigenvalue weighted by Crippen LogP contribution is -2.58. The lowest BCUT2D eigenvalue weighted by molar-refractivity contribution is -0.129. The van der Waals surface area contributed by atoms with Gasteiger partial charge in [0.2, 0.25) is 17.7 Å². The first kappa shape index (κ1) is 94.7. The normalized spacial score (nSPS) is 18.6. The average Bonchev–Trinajstić information content (AvgIpc) is 1.34. The zero-order valence-electron chi connectivity index (χ0n) is 78.4. The summed E-state index contributed by atoms with van der Waals surface area (Å²) >= 11 is 0. The number of ketones is 1. The van der Waals surface area contributed by atoms with Gasteiger partial charge < -0.3 is 29.4 Å². The molecule has 3 saturated heterocycles. The van der Waals surface area contributed by atoms with Crippen LogP contribution < -0.4 is 31.8 Å². The Balaban J connectivity index is 0.000000147. The minimum absolute atomic E-state index is 0.00308. The van der Waals surface area contributed by atoms with Crippen molar-refractivity contribution in [2.45, 2.75) is 221 Å². The van der Waals surface area contributed by atoms with Crippen LogP contribution in [0.4, 0.5) is 43.8 Å². The summed E-state index contributed by atoms with van der Waals surface area (Å²) in [7, 11) is 0. The molecule has 6 aliphatic rings. The van der Waals surface area contributed by atoms with Crippen molar-refractivity contribution < 1.29 is 45.5 Å². The third-order valence-corrected chi connectivity index (χ3v) is 27.4. The summed E-state index contributed by atoms with van der Waals surface area (Å²) in [5.74, 6) is -3.61. The molecule has 22 nitrogen and oxygen atoms in total. The second-order valence-corrected chi connectivity index (χ2v) is 37.6. The highest BCUT2D eigenvalue weighted by Crippen LogP contribution is 2.44. The van der Waals surface area contributed by atoms with Crippen LogP contribution in [0, 0.1) is 34.9 Å². The molecule has 0 unspecified atom stereocenters. The molecule has 6 aliphatic heterocycles. The third kappa shape index (κ3) is 18.1. The summed E-state index contributed by atoms with van der Waals surface area (Å²) in [6.45, 7) is 36.9. The van der Waals surface area contributed by atoms with Gasteiger partial charge in [-0.05, 0) is 228 Å². The van der Waals surface area contributed by atoms with Crippen molar-refractivity contribution in [3.63, 3.8) is 0 Å². The molecule has 700 valence electrons. The highest BCUT2D eigenvalue weighted by molar-refractivity contribution is 5.96. The predicted octanol–water partition coefficient (Wildman–Crippen LogP) is 19.0. The maximum absolute atomic E-state index is 16.3. The Hall–Kier alpha value is -13.5. The van der Waals surface area contributed by atoms with Crippen molar-refractivity contribution in [1.29, 1.82) is 0 Å². The smallest absolute Gasteiger partial charge is 0.349 e. The van der Waals surface area contributed by atoms with Gasteiger partial charge in [0, 0.05) is 105 Å². The number of hydrogen-bond acceptors (Lipinski definition) is 16. The van der Waals surface area contributed by atoms with Crippen LogP contribution in [0.1, 0.15) is 196 Å². The molecule has 0 spiro atoms. The zero-order chi connectivity index (χ0) is 96.1. The Labute approximate surface area is 780 Å². The fourth-order valence-corrected chi connectivity index (χ4v) is 20.6. The van der Waals surface area contributed by atoms with Gasteiger partial charge >= 0.3 is 17.1 Å². The van der Waals surface area contributed by atoms with Gasteiger partial charge in [-0.15, -0.1) is 0 Å². The summed E-state index contributed by atoms with van der Waals surface area (Å²) in [6, 6.07) is 34.4. The SMILES string of the molecule is C=CC(=O)N1C[C@H](C)N(c2nc(=O)n3c4nc(c(F)cc24)-c2c(F)cccc2CC(=O)CCCc2cccc(C(C)C)c2-3)C[C@H]1C.C=CC(=O)N1C[C@H](C)N(c2nc(=O)n3c4nc(c(F)cc24)-c2c(F)cccc2CCCCCc2cccc(C(C)C)c2-3)C[C@H]1C.C=CC(=O)N1C[C@H](C)N(c2nc(=O)n3c4nc(c(F)cc24)-c2c(F)cccc2CCCCc2cccc(C(C)C)c2-3)C[C@H]1C. The molecule has 135 heavy (non-hydrogen) atoms. The van der Waals surface area contributed by atoms with Crippen LogP contribution in [-0.4, -0.2) is 157 Å². The maximum atomic E-state index is 16.3. The standard InChI is InChI=1S/C36H37F2N5O3.C36H39F2N5O2.C35H37F2N5O2/c1-6-30(45)41-18-22(5)42(19-21(41)4)34-27-17-29(38)32-31-24(12-9-15-28(31)37)16-25(44)13-7-10-23-11-8-14-26(20(2)3)33(23)43(35(27)39-32)36(46)40-34;1-6-30(44)41-19-23(5)42(20-22(41)4)34-27-18-29(38)32-31-24(14-11-17-28(31)37)12-8-7-9-13-25-15-10-16-26(21(2)3)33(25)43(35(27)39-32)36(45)40-34;1-6-29(43)40-18-22(5)41(19-21(40)4)33-26-17-28(37)31-30-23(13-10-16-27(30)36)11-7-8-12-24-14-9-15-25(20(2)3)32(24)42(34(26)38-31)35(44)39-33/h6,8-9,11-12,14-15,17,20-22H,1,7,10,13,16,18-19H2,2-5H3;6,10-11,14-18,21-23H,1,7-9,12-13,19-20H2,2-5H3;6,9-10,13-17,20-22H,1,7-8,11-12,18-19H2,2-5H3/t21-,22+;22-,23+;21-,22+/m111/s1. The van der Waals surface area contributed by atoms with E-state index in [1.54, 1.807) is 32.9 Å². The number of pyridine rings is 3. The number of aromatic nitrogens is 9. The Morgan fingerprint density at radius 1 is 0.333 bits per heavy atom. The molecule has 12 heterocycles. The Morgan fingerprint density at radius 2 is 0.607 bits per heavy atom. The topological polar surface area (TPSA) is 231 Å². The highest BCUT2D eigenvalue weighted by Gasteiger charge is 2.40. The molecule has 28 heteroatoms. The first-order valence-electron chi connectivity index (χ1n) is 46.9. The molecular formula is C107H113F6N15O7. The fraction of sp³-hybridized carbons (Fsp3) is 0.374. The number of Topliss-reactive ketones (excluding diaryl/α,β-unsaturated/α-hetero) is 1. The minimum Gasteiger partial charge on any atom is -0.349 e. The molecule has 0 N–H and O–H groups in total. The van der Waals surface area contributed by atoms with Gasteiger partial charge in [-0.2, -0.15) is 15.0 Å². The van der Waals surface area contributed by atoms with Crippen LogP contribution in [-0.2, 0) is 57.7 Å². The number of carbonyl (C=O) groups excluding carboxylic acids is 4. The number of nitrogens with zero attached hydrogens (tertiary/aromatic N) is 15. The van der Waals surface area contributed by atoms with Crippen LogP contribution in [0.2, 0.25) is 0 Å². The molecule has 6 aromatic heterocycles. The third-order valence-electron chi connectivity index (χ3n) is 27.4. The summed E-state index contributed by atoms with van der Waals surface area (Å²) in [5.41, 5.74) is 7.89. The number of carbonyl (C=O) groups is 4. The van der Waals surface area contributed by atoms with Crippen LogP contribution in [0.3, 0.4) is 0 Å². The van der Waals surface area contributed by atoms with Gasteiger partial charge in [0.1, 0.15) is 75.2 Å². The van der Waals surface area contributed by atoms with E-state index in [0.717, 1.165) is 71.9 Å². The number of fused-ring (bicyclic) bond motifs is 15. The van der Waals surface area contributed by atoms with Gasteiger partial charge in [0.05, 0.1) is 33.2 Å². The van der Waals surface area contributed by atoms with E-state index < -0.39 is 52.0 Å². The quantitative estimate of drug-likeness (QED) is 0.0966. The van der Waals surface area contributed by atoms with Gasteiger partial charge in [-0.25, -0.2) is 69.4 Å². The van der Waals surface area contributed by atoms with Gasteiger partial charge in [0.15, 0.2) is 16.9 Å². The van der Waals surface area contributed by atoms with Crippen molar-refractivity contribution in [1.82, 2.24) is 58.3 Å². The molecular weight excluding hydrogens is 1720 g/mol. The summed E-state index contributed by atoms with van der Waals surface area (Å²) in [5, 5.41) is 1.00. The fourth-order valence-electron chi connectivity index (χ4n) is 20.6. The Kier molecular flexibility index (Phi) is 27.5. The average molecular weight is 1840 g/mol. The van der Waals surface area contributed by atoms with Crippen LogP contribution in [0.5, 0.6) is 0 Å². The predicted molar refractivity (Wildman–Crippen MR) is 518 cm³/mol. The summed E-state index contributed by atoms with van der Waals surface area (Å²) < 4.78 is 100. The molecule has 3 amide bonds. The Morgan fingerprint density at radius 3 is 0.919 bits per heavy atom. The first-order valence-corrected chi connectivity index (χ1v) is 46.9. The molecule has 6 atom stereocenters. The molecule has 6 aromatic carbocycles. The molecule has 3 fully saturated rings. The Bertz CT molecular complexity index is 6970. The largest absolute Gasteiger partial charge is 0.355 e. The molecule has 0 radical (unpaired) electrons. The number of hydrogen-bond donors (Lipinski definition) is 0. The van der Waals surface area contributed by atoms with Gasteiger partial charge in [0.25, 0.3) is 0 Å². The van der Waals surface area contributed by atoms with Crippen molar-refractivity contribution in [3.8, 4) is 50.8 Å². The highest BCUT2D eigenvalue weighted by atomic mass is 19.1. The molecule has 6 bridgehead atoms. The van der Waals surface area contributed by atoms with E-state index in [2.05, 4.69) is 62.4 Å². The number of piperazine rings is 3. The van der Waals surface area contributed by atoms with Crippen molar-refractivity contribution in [2.75, 3.05) is 54.0 Å². The van der Waals surface area contributed by atoms with Crippen molar-refractivity contribution in [2.24, 2.45) is 0 Å². The minimum atomic E-state index is -0.798. The van der Waals surface area contributed by atoms with Crippen LogP contribution in [0.25, 0.3) is 83.9 Å². The second kappa shape index (κ2) is 39.2.